The number of hydrogen-bond donors (Lipinski definition) is 2. The number of rotatable bonds is 5. The molecule has 1 saturated heterocycles. The summed E-state index contributed by atoms with van der Waals surface area (Å²) in [6.07, 6.45) is 2.60. The largest absolute Gasteiger partial charge is 0.393 e. The van der Waals surface area contributed by atoms with Crippen LogP contribution in [0.5, 0.6) is 0 Å². The van der Waals surface area contributed by atoms with E-state index in [4.69, 9.17) is 23.7 Å². The van der Waals surface area contributed by atoms with Gasteiger partial charge in [-0.25, -0.2) is 0 Å². The van der Waals surface area contributed by atoms with Gasteiger partial charge in [0.15, 0.2) is 0 Å². The highest BCUT2D eigenvalue weighted by atomic mass is 32.1. The minimum Gasteiger partial charge on any atom is -0.393 e. The van der Waals surface area contributed by atoms with Gasteiger partial charge >= 0.3 is 0 Å². The Hall–Kier alpha value is -0.680. The van der Waals surface area contributed by atoms with Gasteiger partial charge in [0.2, 0.25) is 5.91 Å². The molecule has 1 aliphatic rings. The van der Waals surface area contributed by atoms with E-state index in [0.29, 0.717) is 4.99 Å². The first-order valence-electron chi connectivity index (χ1n) is 5.24. The van der Waals surface area contributed by atoms with E-state index in [1.54, 1.807) is 0 Å². The van der Waals surface area contributed by atoms with Crippen molar-refractivity contribution in [3.63, 3.8) is 0 Å². The van der Waals surface area contributed by atoms with Crippen LogP contribution in [-0.4, -0.2) is 35.4 Å². The maximum atomic E-state index is 11.2. The Bertz CT molecular complexity index is 269. The molecule has 1 amide bonds. The first kappa shape index (κ1) is 12.4. The van der Waals surface area contributed by atoms with E-state index in [-0.39, 0.29) is 11.3 Å². The second-order valence-electron chi connectivity index (χ2n) is 4.52. The van der Waals surface area contributed by atoms with Gasteiger partial charge in [0.05, 0.1) is 10.4 Å². The molecule has 0 aromatic carbocycles. The Morgan fingerprint density at radius 3 is 2.67 bits per heavy atom. The lowest BCUT2D eigenvalue weighted by Crippen LogP contribution is -2.37. The average Bonchev–Trinajstić information content (AvgIpc) is 2.48. The van der Waals surface area contributed by atoms with Crippen molar-refractivity contribution in [2.45, 2.75) is 26.2 Å². The fraction of sp³-hybridized carbons (Fsp3) is 0.800. The third-order valence-electron chi connectivity index (χ3n) is 3.04. The topological polar surface area (TPSA) is 72.4 Å². The molecule has 86 valence electrons. The number of nitrogens with zero attached hydrogens (tertiary/aromatic N) is 1. The fourth-order valence-corrected chi connectivity index (χ4v) is 2.07. The molecule has 1 fully saturated rings. The van der Waals surface area contributed by atoms with E-state index in [1.165, 1.54) is 0 Å². The Labute approximate surface area is 96.0 Å². The van der Waals surface area contributed by atoms with Gasteiger partial charge in [-0.2, -0.15) is 0 Å². The van der Waals surface area contributed by atoms with E-state index < -0.39 is 0 Å². The monoisotopic (exact) mass is 229 g/mol. The van der Waals surface area contributed by atoms with Crippen LogP contribution in [0.2, 0.25) is 0 Å². The molecule has 0 spiro atoms. The molecule has 1 aliphatic heterocycles. The molecule has 0 aromatic heterocycles. The number of thiocarbonyl (C=S) groups is 1. The molecule has 4 nitrogen and oxygen atoms in total. The zero-order valence-electron chi connectivity index (χ0n) is 9.16. The van der Waals surface area contributed by atoms with Crippen molar-refractivity contribution in [3.05, 3.63) is 0 Å². The molecular formula is C10H19N3OS. The molecule has 0 radical (unpaired) electrons. The maximum Gasteiger partial charge on any atom is 0.224 e. The summed E-state index contributed by atoms with van der Waals surface area (Å²) in [7, 11) is 0. The Kier molecular flexibility index (Phi) is 4.04. The van der Waals surface area contributed by atoms with Crippen LogP contribution in [0.3, 0.4) is 0 Å². The smallest absolute Gasteiger partial charge is 0.224 e. The SMILES string of the molecule is CC1(C(N)=O)CCN(CCCC(N)=S)C1. The van der Waals surface area contributed by atoms with Gasteiger partial charge in [-0.3, -0.25) is 4.79 Å². The standard InChI is InChI=1S/C10H19N3OS/c1-10(9(12)14)4-6-13(7-10)5-2-3-8(11)15/h2-7H2,1H3,(H2,11,15)(H2,12,14). The summed E-state index contributed by atoms with van der Waals surface area (Å²) in [5, 5.41) is 0. The summed E-state index contributed by atoms with van der Waals surface area (Å²) in [4.78, 5) is 14.0. The molecule has 1 unspecified atom stereocenters. The second kappa shape index (κ2) is 4.90. The highest BCUT2D eigenvalue weighted by Gasteiger charge is 2.38. The zero-order chi connectivity index (χ0) is 11.5. The van der Waals surface area contributed by atoms with Crippen molar-refractivity contribution >= 4 is 23.1 Å². The fourth-order valence-electron chi connectivity index (χ4n) is 1.93. The van der Waals surface area contributed by atoms with Crippen molar-refractivity contribution in [1.82, 2.24) is 4.90 Å². The molecule has 0 aromatic rings. The Morgan fingerprint density at radius 2 is 2.20 bits per heavy atom. The minimum atomic E-state index is -0.344. The van der Waals surface area contributed by atoms with E-state index in [0.717, 1.165) is 38.9 Å². The number of carbonyl (C=O) groups is 1. The van der Waals surface area contributed by atoms with E-state index >= 15 is 0 Å². The first-order chi connectivity index (χ1) is 6.94. The van der Waals surface area contributed by atoms with E-state index in [1.807, 2.05) is 6.92 Å². The average molecular weight is 229 g/mol. The lowest BCUT2D eigenvalue weighted by atomic mass is 9.89. The van der Waals surface area contributed by atoms with Gasteiger partial charge in [0.25, 0.3) is 0 Å². The molecule has 1 heterocycles. The van der Waals surface area contributed by atoms with Crippen molar-refractivity contribution in [1.29, 1.82) is 0 Å². The lowest BCUT2D eigenvalue weighted by molar-refractivity contribution is -0.126. The molecule has 15 heavy (non-hydrogen) atoms. The highest BCUT2D eigenvalue weighted by Crippen LogP contribution is 2.29. The predicted molar refractivity (Wildman–Crippen MR) is 64.4 cm³/mol. The van der Waals surface area contributed by atoms with Crippen LogP contribution in [0.15, 0.2) is 0 Å². The van der Waals surface area contributed by atoms with Crippen LogP contribution in [0.1, 0.15) is 26.2 Å². The summed E-state index contributed by atoms with van der Waals surface area (Å²) < 4.78 is 0. The van der Waals surface area contributed by atoms with Gasteiger partial charge in [0.1, 0.15) is 0 Å². The number of primary amides is 1. The third-order valence-corrected chi connectivity index (χ3v) is 3.25. The number of carbonyl (C=O) groups excluding carboxylic acids is 1. The summed E-state index contributed by atoms with van der Waals surface area (Å²) in [5.74, 6) is -0.195. The van der Waals surface area contributed by atoms with Crippen molar-refractivity contribution < 1.29 is 4.79 Å². The number of hydrogen-bond acceptors (Lipinski definition) is 3. The molecule has 0 aliphatic carbocycles. The van der Waals surface area contributed by atoms with Crippen molar-refractivity contribution in [2.24, 2.45) is 16.9 Å². The van der Waals surface area contributed by atoms with Crippen LogP contribution in [0.4, 0.5) is 0 Å². The van der Waals surface area contributed by atoms with Gasteiger partial charge in [-0.15, -0.1) is 0 Å². The number of nitrogens with two attached hydrogens (primary N) is 2. The lowest BCUT2D eigenvalue weighted by Gasteiger charge is -2.20. The summed E-state index contributed by atoms with van der Waals surface area (Å²) in [6.45, 7) is 4.58. The van der Waals surface area contributed by atoms with Gasteiger partial charge in [-0.05, 0) is 39.3 Å². The first-order valence-corrected chi connectivity index (χ1v) is 5.65. The number of likely N-dealkylation sites (tertiary alicyclic amines) is 1. The van der Waals surface area contributed by atoms with Crippen LogP contribution in [-0.2, 0) is 4.79 Å². The second-order valence-corrected chi connectivity index (χ2v) is 5.05. The molecular weight excluding hydrogens is 210 g/mol. The van der Waals surface area contributed by atoms with Crippen LogP contribution in [0.25, 0.3) is 0 Å². The van der Waals surface area contributed by atoms with Crippen LogP contribution >= 0.6 is 12.2 Å². The van der Waals surface area contributed by atoms with E-state index in [9.17, 15) is 4.79 Å². The molecule has 0 bridgehead atoms. The van der Waals surface area contributed by atoms with Gasteiger partial charge in [0, 0.05) is 6.54 Å². The van der Waals surface area contributed by atoms with Crippen LogP contribution < -0.4 is 11.5 Å². The quantitative estimate of drug-likeness (QED) is 0.663. The minimum absolute atomic E-state index is 0.195. The summed E-state index contributed by atoms with van der Waals surface area (Å²) in [6, 6.07) is 0. The molecule has 1 atom stereocenters. The summed E-state index contributed by atoms with van der Waals surface area (Å²) >= 11 is 4.81. The molecule has 4 N–H and O–H groups in total. The predicted octanol–water partition coefficient (Wildman–Crippen LogP) is 0.250. The van der Waals surface area contributed by atoms with Crippen molar-refractivity contribution in [2.75, 3.05) is 19.6 Å². The highest BCUT2D eigenvalue weighted by molar-refractivity contribution is 7.80. The maximum absolute atomic E-state index is 11.2. The number of amides is 1. The molecule has 1 rings (SSSR count). The molecule has 5 heteroatoms. The van der Waals surface area contributed by atoms with Gasteiger partial charge < -0.3 is 16.4 Å². The third kappa shape index (κ3) is 3.43. The normalized spacial score (nSPS) is 26.7. The Balaban J connectivity index is 2.30. The molecule has 0 saturated carbocycles. The zero-order valence-corrected chi connectivity index (χ0v) is 9.98. The van der Waals surface area contributed by atoms with Gasteiger partial charge in [-0.1, -0.05) is 12.2 Å². The van der Waals surface area contributed by atoms with E-state index in [2.05, 4.69) is 4.90 Å². The summed E-state index contributed by atoms with van der Waals surface area (Å²) in [5.41, 5.74) is 10.4. The Morgan fingerprint density at radius 1 is 1.53 bits per heavy atom. The van der Waals surface area contributed by atoms with Crippen LogP contribution in [0, 0.1) is 5.41 Å². The van der Waals surface area contributed by atoms with Crippen molar-refractivity contribution in [3.8, 4) is 0 Å².